The van der Waals surface area contributed by atoms with Gasteiger partial charge in [-0.05, 0) is 120 Å². The van der Waals surface area contributed by atoms with Crippen LogP contribution in [0.2, 0.25) is 0 Å². The van der Waals surface area contributed by atoms with Crippen molar-refractivity contribution >= 4 is 61.0 Å². The van der Waals surface area contributed by atoms with Crippen LogP contribution < -0.4 is 11.1 Å². The number of fused-ring (bicyclic) bond motifs is 1. The van der Waals surface area contributed by atoms with E-state index in [1.54, 1.807) is 12.1 Å². The number of para-hydroxylation sites is 1. The number of likely N-dealkylation sites (tertiary alicyclic amines) is 3. The number of nitrogens with two attached hydrogens (primary N) is 1. The number of nitrogens with one attached hydrogen (secondary N) is 1. The minimum absolute atomic E-state index is 0.0111. The molecule has 3 amide bonds. The molecule has 3 saturated heterocycles. The fraction of sp³-hybridized carbons (Fsp3) is 0.559. The van der Waals surface area contributed by atoms with Crippen LogP contribution in [0.25, 0.3) is 0 Å². The highest BCUT2D eigenvalue weighted by molar-refractivity contribution is 9.11. The number of carbonyl (C=O) groups excluding carboxylic acids is 3. The first-order chi connectivity index (χ1) is 21.8. The predicted octanol–water partition coefficient (Wildman–Crippen LogP) is 5.97. The van der Waals surface area contributed by atoms with Crippen LogP contribution in [0.3, 0.4) is 0 Å². The van der Waals surface area contributed by atoms with E-state index in [9.17, 15) is 14.4 Å². The highest BCUT2D eigenvalue weighted by Crippen LogP contribution is 2.32. The summed E-state index contributed by atoms with van der Waals surface area (Å²) in [5.74, 6) is -0.466. The molecule has 9 nitrogen and oxygen atoms in total. The maximum Gasteiger partial charge on any atom is 0.322 e. The summed E-state index contributed by atoms with van der Waals surface area (Å²) in [5, 5.41) is 3.01. The lowest BCUT2D eigenvalue weighted by Crippen LogP contribution is -2.51. The Morgan fingerprint density at radius 3 is 2.22 bits per heavy atom. The molecule has 4 aliphatic rings. The summed E-state index contributed by atoms with van der Waals surface area (Å²) in [7, 11) is 0. The summed E-state index contributed by atoms with van der Waals surface area (Å²) < 4.78 is 1.33. The van der Waals surface area contributed by atoms with Gasteiger partial charge in [-0.15, -0.1) is 0 Å². The summed E-state index contributed by atoms with van der Waals surface area (Å²) in [6.45, 7) is 6.60. The Hall–Kier alpha value is -2.47. The Kier molecular flexibility index (Phi) is 10.5. The second-order valence-corrected chi connectivity index (χ2v) is 14.8. The molecule has 45 heavy (non-hydrogen) atoms. The fourth-order valence-electron chi connectivity index (χ4n) is 7.55. The van der Waals surface area contributed by atoms with E-state index in [4.69, 9.17) is 5.73 Å². The van der Waals surface area contributed by atoms with Gasteiger partial charge in [-0.2, -0.15) is 0 Å². The SMILES string of the molecule is Nc1c(Br)cc(C(=O)[C@H](CC(=O)N2CCC(N3Cc4ccccc4NC3=O)CC2)CN2CCC(N3CCCCC3)CC2)cc1Br. The number of nitrogen functional groups attached to an aromatic ring is 1. The smallest absolute Gasteiger partial charge is 0.322 e. The number of hydrogen-bond donors (Lipinski definition) is 2. The zero-order valence-corrected chi connectivity index (χ0v) is 29.0. The number of amides is 3. The molecule has 242 valence electrons. The number of anilines is 2. The van der Waals surface area contributed by atoms with Gasteiger partial charge in [-0.25, -0.2) is 4.79 Å². The van der Waals surface area contributed by atoms with Crippen molar-refractivity contribution in [2.75, 3.05) is 56.9 Å². The van der Waals surface area contributed by atoms with Crippen molar-refractivity contribution in [1.82, 2.24) is 19.6 Å². The van der Waals surface area contributed by atoms with E-state index >= 15 is 0 Å². The van der Waals surface area contributed by atoms with Gasteiger partial charge in [-0.3, -0.25) is 9.59 Å². The highest BCUT2D eigenvalue weighted by Gasteiger charge is 2.35. The Balaban J connectivity index is 1.09. The van der Waals surface area contributed by atoms with Crippen LogP contribution in [-0.2, 0) is 11.3 Å². The zero-order chi connectivity index (χ0) is 31.5. The first kappa shape index (κ1) is 32.5. The number of urea groups is 1. The average molecular weight is 745 g/mol. The molecule has 0 aliphatic carbocycles. The minimum Gasteiger partial charge on any atom is -0.397 e. The molecule has 0 aromatic heterocycles. The molecular formula is C34H44Br2N6O3. The van der Waals surface area contributed by atoms with Crippen LogP contribution in [0.15, 0.2) is 45.3 Å². The van der Waals surface area contributed by atoms with Gasteiger partial charge in [0.1, 0.15) is 0 Å². The molecule has 0 saturated carbocycles. The molecule has 0 spiro atoms. The van der Waals surface area contributed by atoms with Gasteiger partial charge in [0.2, 0.25) is 5.91 Å². The van der Waals surface area contributed by atoms with Crippen LogP contribution in [0.1, 0.15) is 67.3 Å². The van der Waals surface area contributed by atoms with E-state index in [0.717, 1.165) is 50.0 Å². The first-order valence-electron chi connectivity index (χ1n) is 16.4. The van der Waals surface area contributed by atoms with Crippen molar-refractivity contribution in [2.45, 2.75) is 70.0 Å². The molecule has 2 aromatic rings. The van der Waals surface area contributed by atoms with Gasteiger partial charge in [0.05, 0.1) is 5.69 Å². The lowest BCUT2D eigenvalue weighted by atomic mass is 9.91. The molecule has 2 aromatic carbocycles. The molecule has 0 unspecified atom stereocenters. The third-order valence-corrected chi connectivity index (χ3v) is 11.5. The van der Waals surface area contributed by atoms with Crippen molar-refractivity contribution < 1.29 is 14.4 Å². The average Bonchev–Trinajstić information content (AvgIpc) is 3.06. The monoisotopic (exact) mass is 742 g/mol. The van der Waals surface area contributed by atoms with Crippen LogP contribution in [0.5, 0.6) is 0 Å². The Morgan fingerprint density at radius 1 is 0.889 bits per heavy atom. The molecule has 0 radical (unpaired) electrons. The number of halogens is 2. The van der Waals surface area contributed by atoms with Crippen molar-refractivity contribution in [2.24, 2.45) is 5.92 Å². The van der Waals surface area contributed by atoms with E-state index in [1.807, 2.05) is 34.1 Å². The second kappa shape index (κ2) is 14.5. The minimum atomic E-state index is -0.450. The van der Waals surface area contributed by atoms with E-state index in [-0.39, 0.29) is 30.2 Å². The highest BCUT2D eigenvalue weighted by atomic mass is 79.9. The van der Waals surface area contributed by atoms with Crippen LogP contribution in [-0.4, -0.2) is 95.2 Å². The largest absolute Gasteiger partial charge is 0.397 e. The lowest BCUT2D eigenvalue weighted by Gasteiger charge is -2.41. The molecule has 1 atom stereocenters. The van der Waals surface area contributed by atoms with E-state index in [1.165, 1.54) is 32.4 Å². The molecule has 4 aliphatic heterocycles. The molecule has 4 heterocycles. The summed E-state index contributed by atoms with van der Waals surface area (Å²) >= 11 is 6.98. The zero-order valence-electron chi connectivity index (χ0n) is 25.9. The summed E-state index contributed by atoms with van der Waals surface area (Å²) in [5.41, 5.74) is 9.21. The number of piperidine rings is 3. The molecule has 3 N–H and O–H groups in total. The van der Waals surface area contributed by atoms with Gasteiger partial charge < -0.3 is 30.7 Å². The first-order valence-corrected chi connectivity index (χ1v) is 18.0. The molecule has 3 fully saturated rings. The van der Waals surface area contributed by atoms with E-state index < -0.39 is 5.92 Å². The standard InChI is InChI=1S/C34H44Br2N6O3/c35-28-18-24(19-29(36)32(28)37)33(44)25(21-39-14-8-26(9-15-39)40-12-4-1-5-13-40)20-31(43)41-16-10-27(11-17-41)42-22-23-6-2-3-7-30(23)38-34(42)45/h2-3,6-7,18-19,25-27H,1,4-5,8-17,20-22,37H2,(H,38,45)/t25-/m1/s1. The van der Waals surface area contributed by atoms with Gasteiger partial charge in [0, 0.05) is 70.8 Å². The number of benzene rings is 2. The van der Waals surface area contributed by atoms with E-state index in [0.29, 0.717) is 52.4 Å². The second-order valence-electron chi connectivity index (χ2n) is 13.1. The molecular weight excluding hydrogens is 700 g/mol. The fourth-order valence-corrected chi connectivity index (χ4v) is 8.74. The van der Waals surface area contributed by atoms with E-state index in [2.05, 4.69) is 47.0 Å². The summed E-state index contributed by atoms with van der Waals surface area (Å²) in [6, 6.07) is 12.1. The molecule has 11 heteroatoms. The third kappa shape index (κ3) is 7.58. The maximum atomic E-state index is 14.0. The Labute approximate surface area is 283 Å². The Bertz CT molecular complexity index is 1380. The lowest BCUT2D eigenvalue weighted by molar-refractivity contribution is -0.133. The number of rotatable bonds is 8. The van der Waals surface area contributed by atoms with Gasteiger partial charge >= 0.3 is 6.03 Å². The van der Waals surface area contributed by atoms with Crippen molar-refractivity contribution in [1.29, 1.82) is 0 Å². The number of hydrogen-bond acceptors (Lipinski definition) is 6. The Morgan fingerprint density at radius 2 is 1.53 bits per heavy atom. The molecule has 0 bridgehead atoms. The van der Waals surface area contributed by atoms with Gasteiger partial charge in [0.15, 0.2) is 5.78 Å². The van der Waals surface area contributed by atoms with Crippen molar-refractivity contribution in [3.63, 3.8) is 0 Å². The normalized spacial score (nSPS) is 21.3. The molecule has 6 rings (SSSR count). The van der Waals surface area contributed by atoms with Crippen LogP contribution in [0, 0.1) is 5.92 Å². The van der Waals surface area contributed by atoms with Crippen molar-refractivity contribution in [3.05, 3.63) is 56.5 Å². The van der Waals surface area contributed by atoms with Gasteiger partial charge in [0.25, 0.3) is 0 Å². The topological polar surface area (TPSA) is 102 Å². The van der Waals surface area contributed by atoms with Crippen LogP contribution in [0.4, 0.5) is 16.2 Å². The van der Waals surface area contributed by atoms with Crippen LogP contribution >= 0.6 is 31.9 Å². The summed E-state index contributed by atoms with van der Waals surface area (Å²) in [4.78, 5) is 49.5. The predicted molar refractivity (Wildman–Crippen MR) is 184 cm³/mol. The number of Topliss-reactive ketones (excluding diaryl/α,β-unsaturated/α-hetero) is 1. The number of nitrogens with zero attached hydrogens (tertiary/aromatic N) is 4. The third-order valence-electron chi connectivity index (χ3n) is 10.2. The summed E-state index contributed by atoms with van der Waals surface area (Å²) in [6.07, 6.45) is 7.76. The number of carbonyl (C=O) groups is 3. The van der Waals surface area contributed by atoms with Crippen molar-refractivity contribution in [3.8, 4) is 0 Å². The number of ketones is 1. The van der Waals surface area contributed by atoms with Gasteiger partial charge in [-0.1, -0.05) is 24.6 Å². The maximum absolute atomic E-state index is 14.0. The quantitative estimate of drug-likeness (QED) is 0.255.